The Morgan fingerprint density at radius 3 is 2.72 bits per heavy atom. The van der Waals surface area contributed by atoms with Crippen molar-refractivity contribution in [1.29, 1.82) is 0 Å². The number of nitrogens with zero attached hydrogens (tertiary/aromatic N) is 2. The van der Waals surface area contributed by atoms with E-state index in [2.05, 4.69) is 20.9 Å². The molecule has 0 N–H and O–H groups in total. The van der Waals surface area contributed by atoms with Crippen LogP contribution in [0.1, 0.15) is 34.6 Å². The summed E-state index contributed by atoms with van der Waals surface area (Å²) in [6.07, 6.45) is 1.66. The molecule has 1 atom stereocenters. The van der Waals surface area contributed by atoms with Gasteiger partial charge in [-0.3, -0.25) is 9.78 Å². The Balaban J connectivity index is 1.80. The molecule has 0 bridgehead atoms. The second-order valence-electron chi connectivity index (χ2n) is 7.42. The van der Waals surface area contributed by atoms with E-state index in [-0.39, 0.29) is 17.0 Å². The van der Waals surface area contributed by atoms with E-state index >= 15 is 0 Å². The van der Waals surface area contributed by atoms with E-state index in [9.17, 15) is 9.18 Å². The molecule has 0 aliphatic carbocycles. The maximum absolute atomic E-state index is 13.7. The van der Waals surface area contributed by atoms with Crippen molar-refractivity contribution in [3.8, 4) is 22.6 Å². The van der Waals surface area contributed by atoms with Crippen molar-refractivity contribution in [2.24, 2.45) is 0 Å². The highest BCUT2D eigenvalue weighted by Crippen LogP contribution is 2.41. The Kier molecular flexibility index (Phi) is 6.67. The summed E-state index contributed by atoms with van der Waals surface area (Å²) >= 11 is 9.82. The monoisotopic (exact) mass is 518 g/mol. The Labute approximate surface area is 199 Å². The third kappa shape index (κ3) is 4.32. The third-order valence-corrected chi connectivity index (χ3v) is 6.44. The molecule has 1 aromatic heterocycles. The highest BCUT2D eigenvalue weighted by molar-refractivity contribution is 9.08. The number of pyridine rings is 1. The Morgan fingerprint density at radius 1 is 1.22 bits per heavy atom. The molecule has 0 saturated carbocycles. The first-order valence-electron chi connectivity index (χ1n) is 10.0. The first-order valence-corrected chi connectivity index (χ1v) is 11.5. The highest BCUT2D eigenvalue weighted by Gasteiger charge is 2.31. The molecule has 0 radical (unpaired) electrons. The summed E-state index contributed by atoms with van der Waals surface area (Å²) in [4.78, 5) is 19.8. The summed E-state index contributed by atoms with van der Waals surface area (Å²) in [5.74, 6) is 0.526. The minimum atomic E-state index is -0.427. The van der Waals surface area contributed by atoms with Crippen LogP contribution >= 0.6 is 27.5 Å². The van der Waals surface area contributed by atoms with Gasteiger partial charge in [-0.2, -0.15) is 0 Å². The van der Waals surface area contributed by atoms with Crippen LogP contribution < -0.4 is 9.47 Å². The summed E-state index contributed by atoms with van der Waals surface area (Å²) in [5.41, 5.74) is 3.30. The Morgan fingerprint density at radius 2 is 2.00 bits per heavy atom. The van der Waals surface area contributed by atoms with E-state index in [0.29, 0.717) is 46.7 Å². The molecule has 1 aliphatic rings. The fourth-order valence-electron chi connectivity index (χ4n) is 3.80. The lowest BCUT2D eigenvalue weighted by molar-refractivity contribution is 0.0684. The molecule has 32 heavy (non-hydrogen) atoms. The summed E-state index contributed by atoms with van der Waals surface area (Å²) in [5, 5.41) is 0.789. The average molecular weight is 520 g/mol. The van der Waals surface area contributed by atoms with Crippen LogP contribution in [0.25, 0.3) is 11.1 Å². The van der Waals surface area contributed by atoms with Crippen LogP contribution in [0.4, 0.5) is 4.39 Å². The standard InChI is InChI=1S/C24H21BrClFN2O3/c1-14(22-12-17(31-2)5-6-28-22)29-7-8-32-23-19(18-4-3-16(27)11-21(18)26)9-15(13-25)10-20(23)24(29)30/h3-6,9-12,14H,7-8,13H2,1-2H3/t14-/m0/s1. The number of fused-ring (bicyclic) bond motifs is 1. The minimum Gasteiger partial charge on any atom is -0.497 e. The van der Waals surface area contributed by atoms with E-state index in [4.69, 9.17) is 21.1 Å². The number of carbonyl (C=O) groups is 1. The number of halogens is 3. The lowest BCUT2D eigenvalue weighted by Crippen LogP contribution is -2.35. The quantitative estimate of drug-likeness (QED) is 0.386. The molecule has 3 aromatic rings. The number of hydrogen-bond acceptors (Lipinski definition) is 4. The van der Waals surface area contributed by atoms with Gasteiger partial charge in [0.15, 0.2) is 0 Å². The molecule has 0 unspecified atom stereocenters. The lowest BCUT2D eigenvalue weighted by atomic mass is 9.97. The van der Waals surface area contributed by atoms with Gasteiger partial charge in [-0.25, -0.2) is 4.39 Å². The van der Waals surface area contributed by atoms with E-state index in [1.807, 2.05) is 25.1 Å². The van der Waals surface area contributed by atoms with Crippen molar-refractivity contribution in [3.05, 3.63) is 76.3 Å². The zero-order valence-electron chi connectivity index (χ0n) is 17.6. The predicted molar refractivity (Wildman–Crippen MR) is 125 cm³/mol. The molecule has 0 spiro atoms. The van der Waals surface area contributed by atoms with E-state index in [1.165, 1.54) is 12.1 Å². The van der Waals surface area contributed by atoms with Gasteiger partial charge < -0.3 is 14.4 Å². The molecule has 8 heteroatoms. The maximum atomic E-state index is 13.7. The van der Waals surface area contributed by atoms with Gasteiger partial charge in [0.1, 0.15) is 23.9 Å². The minimum absolute atomic E-state index is 0.170. The molecule has 166 valence electrons. The predicted octanol–water partition coefficient (Wildman–Crippen LogP) is 6.04. The van der Waals surface area contributed by atoms with Gasteiger partial charge >= 0.3 is 0 Å². The second-order valence-corrected chi connectivity index (χ2v) is 8.39. The lowest BCUT2D eigenvalue weighted by Gasteiger charge is -2.27. The van der Waals surface area contributed by atoms with Crippen LogP contribution in [0, 0.1) is 5.82 Å². The largest absolute Gasteiger partial charge is 0.497 e. The number of amides is 1. The van der Waals surface area contributed by atoms with Crippen LogP contribution in [-0.4, -0.2) is 36.1 Å². The summed E-state index contributed by atoms with van der Waals surface area (Å²) in [6.45, 7) is 2.61. The van der Waals surface area contributed by atoms with Gasteiger partial charge in [-0.05, 0) is 48.9 Å². The van der Waals surface area contributed by atoms with Gasteiger partial charge in [0.2, 0.25) is 0 Å². The molecular weight excluding hydrogens is 499 g/mol. The zero-order valence-corrected chi connectivity index (χ0v) is 19.9. The maximum Gasteiger partial charge on any atom is 0.258 e. The van der Waals surface area contributed by atoms with Crippen molar-refractivity contribution in [2.75, 3.05) is 20.3 Å². The van der Waals surface area contributed by atoms with Crippen molar-refractivity contribution < 1.29 is 18.7 Å². The number of methoxy groups -OCH3 is 1. The van der Waals surface area contributed by atoms with Gasteiger partial charge in [0, 0.05) is 28.7 Å². The Bertz CT molecular complexity index is 1170. The number of ether oxygens (including phenoxy) is 2. The number of benzene rings is 2. The molecule has 4 rings (SSSR count). The SMILES string of the molecule is COc1ccnc([C@H](C)N2CCOc3c(cc(CBr)cc3-c3ccc(F)cc3Cl)C2=O)c1. The number of rotatable bonds is 5. The first kappa shape index (κ1) is 22.6. The van der Waals surface area contributed by atoms with E-state index in [1.54, 1.807) is 30.3 Å². The van der Waals surface area contributed by atoms with Crippen LogP contribution in [-0.2, 0) is 5.33 Å². The number of hydrogen-bond donors (Lipinski definition) is 0. The van der Waals surface area contributed by atoms with Crippen molar-refractivity contribution in [3.63, 3.8) is 0 Å². The molecule has 1 aliphatic heterocycles. The number of alkyl halides is 1. The van der Waals surface area contributed by atoms with Crippen LogP contribution in [0.15, 0.2) is 48.7 Å². The van der Waals surface area contributed by atoms with Gasteiger partial charge in [0.05, 0.1) is 36.0 Å². The molecule has 2 aromatic carbocycles. The van der Waals surface area contributed by atoms with Crippen LogP contribution in [0.3, 0.4) is 0 Å². The summed E-state index contributed by atoms with van der Waals surface area (Å²) < 4.78 is 25.0. The number of aromatic nitrogens is 1. The highest BCUT2D eigenvalue weighted by atomic mass is 79.9. The van der Waals surface area contributed by atoms with E-state index in [0.717, 1.165) is 11.3 Å². The molecule has 2 heterocycles. The normalized spacial score (nSPS) is 14.4. The third-order valence-electron chi connectivity index (χ3n) is 5.48. The van der Waals surface area contributed by atoms with Crippen molar-refractivity contribution in [1.82, 2.24) is 9.88 Å². The Hall–Kier alpha value is -2.64. The smallest absolute Gasteiger partial charge is 0.258 e. The molecule has 0 fully saturated rings. The fourth-order valence-corrected chi connectivity index (χ4v) is 4.40. The first-order chi connectivity index (χ1) is 15.4. The zero-order chi connectivity index (χ0) is 22.8. The van der Waals surface area contributed by atoms with Crippen LogP contribution in [0.2, 0.25) is 5.02 Å². The fraction of sp³-hybridized carbons (Fsp3) is 0.250. The summed E-state index contributed by atoms with van der Waals surface area (Å²) in [6, 6.07) is 11.2. The molecule has 5 nitrogen and oxygen atoms in total. The van der Waals surface area contributed by atoms with Crippen LogP contribution in [0.5, 0.6) is 11.5 Å². The second kappa shape index (κ2) is 9.46. The number of carbonyl (C=O) groups excluding carboxylic acids is 1. The summed E-state index contributed by atoms with van der Waals surface area (Å²) in [7, 11) is 1.59. The van der Waals surface area contributed by atoms with Gasteiger partial charge in [-0.1, -0.05) is 27.5 Å². The van der Waals surface area contributed by atoms with Gasteiger partial charge in [-0.15, -0.1) is 0 Å². The molecular formula is C24H21BrClFN2O3. The van der Waals surface area contributed by atoms with Crippen molar-refractivity contribution >= 4 is 33.4 Å². The molecule has 1 amide bonds. The molecule has 0 saturated heterocycles. The average Bonchev–Trinajstić information content (AvgIpc) is 2.97. The van der Waals surface area contributed by atoms with Crippen molar-refractivity contribution in [2.45, 2.75) is 18.3 Å². The van der Waals surface area contributed by atoms with E-state index < -0.39 is 5.82 Å². The van der Waals surface area contributed by atoms with Gasteiger partial charge in [0.25, 0.3) is 5.91 Å². The topological polar surface area (TPSA) is 51.7 Å².